The quantitative estimate of drug-likeness (QED) is 0.889. The number of aryl methyl sites for hydroxylation is 1. The molecule has 2 heterocycles. The average Bonchev–Trinajstić information content (AvgIpc) is 2.59. The summed E-state index contributed by atoms with van der Waals surface area (Å²) in [6.07, 6.45) is 2.29. The number of piperidine rings is 1. The van der Waals surface area contributed by atoms with Crippen LogP contribution in [0.1, 0.15) is 24.0 Å². The highest BCUT2D eigenvalue weighted by molar-refractivity contribution is 6.29. The maximum Gasteiger partial charge on any atom is 0.151 e. The van der Waals surface area contributed by atoms with E-state index in [1.165, 1.54) is 5.56 Å². The van der Waals surface area contributed by atoms with Crippen molar-refractivity contribution in [3.63, 3.8) is 0 Å². The molecule has 6 heteroatoms. The number of likely N-dealkylation sites (tertiary alicyclic amines) is 1. The predicted molar refractivity (Wildman–Crippen MR) is 94.7 cm³/mol. The normalized spacial score (nSPS) is 16.3. The molecule has 0 spiro atoms. The molecule has 2 aromatic rings. The van der Waals surface area contributed by atoms with E-state index in [9.17, 15) is 4.39 Å². The molecule has 1 fully saturated rings. The topological polar surface area (TPSA) is 41.0 Å². The second-order valence-corrected chi connectivity index (χ2v) is 6.81. The molecule has 0 aliphatic carbocycles. The Labute approximate surface area is 147 Å². The van der Waals surface area contributed by atoms with Crippen LogP contribution in [-0.2, 0) is 6.54 Å². The van der Waals surface area contributed by atoms with Crippen molar-refractivity contribution in [3.05, 3.63) is 52.4 Å². The first-order valence-electron chi connectivity index (χ1n) is 8.30. The van der Waals surface area contributed by atoms with Gasteiger partial charge in [-0.3, -0.25) is 4.90 Å². The van der Waals surface area contributed by atoms with E-state index in [4.69, 9.17) is 11.6 Å². The Morgan fingerprint density at radius 2 is 2.00 bits per heavy atom. The lowest BCUT2D eigenvalue weighted by Gasteiger charge is -2.32. The van der Waals surface area contributed by atoms with Crippen molar-refractivity contribution in [1.29, 1.82) is 0 Å². The van der Waals surface area contributed by atoms with Crippen LogP contribution in [0.4, 0.5) is 10.2 Å². The number of rotatable bonds is 5. The highest BCUT2D eigenvalue weighted by Crippen LogP contribution is 2.20. The fraction of sp³-hybridized carbons (Fsp3) is 0.444. The highest BCUT2D eigenvalue weighted by Gasteiger charge is 2.19. The molecule has 1 aliphatic heterocycles. The van der Waals surface area contributed by atoms with Crippen molar-refractivity contribution in [2.75, 3.05) is 25.0 Å². The van der Waals surface area contributed by atoms with Crippen LogP contribution in [0.3, 0.4) is 0 Å². The maximum atomic E-state index is 13.3. The summed E-state index contributed by atoms with van der Waals surface area (Å²) in [5.74, 6) is 1.27. The van der Waals surface area contributed by atoms with E-state index < -0.39 is 0 Å². The van der Waals surface area contributed by atoms with Gasteiger partial charge in [0.25, 0.3) is 0 Å². The van der Waals surface area contributed by atoms with E-state index in [1.54, 1.807) is 12.1 Å². The number of hydrogen-bond acceptors (Lipinski definition) is 4. The fourth-order valence-corrected chi connectivity index (χ4v) is 3.17. The van der Waals surface area contributed by atoms with Crippen LogP contribution in [0.5, 0.6) is 0 Å². The summed E-state index contributed by atoms with van der Waals surface area (Å²) >= 11 is 5.73. The van der Waals surface area contributed by atoms with Gasteiger partial charge in [-0.05, 0) is 68.1 Å². The summed E-state index contributed by atoms with van der Waals surface area (Å²) in [6.45, 7) is 5.74. The van der Waals surface area contributed by atoms with Gasteiger partial charge in [-0.15, -0.1) is 10.2 Å². The zero-order valence-electron chi connectivity index (χ0n) is 13.8. The standard InChI is InChI=1S/C18H22ClFN4/c1-13-10-15(2-3-16(13)20)12-24-8-6-14(7-9-24)11-21-18-5-4-17(19)22-23-18/h2-5,10,14H,6-9,11-12H2,1H3,(H,21,23). The van der Waals surface area contributed by atoms with Crippen molar-refractivity contribution in [2.45, 2.75) is 26.3 Å². The SMILES string of the molecule is Cc1cc(CN2CCC(CNc3ccc(Cl)nn3)CC2)ccc1F. The molecule has 4 nitrogen and oxygen atoms in total. The molecule has 0 bridgehead atoms. The largest absolute Gasteiger partial charge is 0.368 e. The summed E-state index contributed by atoms with van der Waals surface area (Å²) in [6, 6.07) is 8.98. The van der Waals surface area contributed by atoms with Gasteiger partial charge in [0.15, 0.2) is 5.15 Å². The third-order valence-electron chi connectivity index (χ3n) is 4.54. The number of aromatic nitrogens is 2. The molecule has 1 saturated heterocycles. The minimum absolute atomic E-state index is 0.131. The van der Waals surface area contributed by atoms with Crippen molar-refractivity contribution in [3.8, 4) is 0 Å². The highest BCUT2D eigenvalue weighted by atomic mass is 35.5. The van der Waals surface area contributed by atoms with Gasteiger partial charge in [-0.25, -0.2) is 4.39 Å². The molecule has 0 amide bonds. The van der Waals surface area contributed by atoms with Gasteiger partial charge in [0.05, 0.1) is 0 Å². The lowest BCUT2D eigenvalue weighted by atomic mass is 9.96. The molecule has 1 N–H and O–H groups in total. The summed E-state index contributed by atoms with van der Waals surface area (Å²) in [4.78, 5) is 2.44. The number of nitrogens with zero attached hydrogens (tertiary/aromatic N) is 3. The maximum absolute atomic E-state index is 13.3. The Balaban J connectivity index is 1.43. The van der Waals surface area contributed by atoms with Crippen LogP contribution in [0.15, 0.2) is 30.3 Å². The molecule has 1 aromatic carbocycles. The van der Waals surface area contributed by atoms with Gasteiger partial charge in [0, 0.05) is 13.1 Å². The number of nitrogens with one attached hydrogen (secondary N) is 1. The van der Waals surface area contributed by atoms with E-state index in [-0.39, 0.29) is 5.82 Å². The Kier molecular flexibility index (Phi) is 5.63. The first kappa shape index (κ1) is 17.1. The second kappa shape index (κ2) is 7.90. The van der Waals surface area contributed by atoms with E-state index in [1.807, 2.05) is 25.1 Å². The molecule has 3 rings (SSSR count). The lowest BCUT2D eigenvalue weighted by Crippen LogP contribution is -2.35. The molecule has 128 valence electrons. The van der Waals surface area contributed by atoms with Gasteiger partial charge in [-0.2, -0.15) is 0 Å². The third kappa shape index (κ3) is 4.65. The summed E-state index contributed by atoms with van der Waals surface area (Å²) in [5.41, 5.74) is 1.90. The summed E-state index contributed by atoms with van der Waals surface area (Å²) in [5, 5.41) is 11.6. The summed E-state index contributed by atoms with van der Waals surface area (Å²) in [7, 11) is 0. The van der Waals surface area contributed by atoms with Crippen LogP contribution in [0.25, 0.3) is 0 Å². The summed E-state index contributed by atoms with van der Waals surface area (Å²) < 4.78 is 13.3. The molecule has 0 saturated carbocycles. The monoisotopic (exact) mass is 348 g/mol. The van der Waals surface area contributed by atoms with Gasteiger partial charge in [0.2, 0.25) is 0 Å². The molecule has 0 radical (unpaired) electrons. The Morgan fingerprint density at radius 1 is 1.21 bits per heavy atom. The third-order valence-corrected chi connectivity index (χ3v) is 4.74. The van der Waals surface area contributed by atoms with E-state index >= 15 is 0 Å². The molecule has 0 atom stereocenters. The van der Waals surface area contributed by atoms with E-state index in [0.29, 0.717) is 11.1 Å². The zero-order chi connectivity index (χ0) is 16.9. The molecule has 0 unspecified atom stereocenters. The Bertz CT molecular complexity index is 669. The Morgan fingerprint density at radius 3 is 2.67 bits per heavy atom. The molecule has 1 aliphatic rings. The molecule has 1 aromatic heterocycles. The number of hydrogen-bond donors (Lipinski definition) is 1. The number of anilines is 1. The Hall–Kier alpha value is -1.72. The number of benzene rings is 1. The van der Waals surface area contributed by atoms with Gasteiger partial charge in [0.1, 0.15) is 11.6 Å². The zero-order valence-corrected chi connectivity index (χ0v) is 14.6. The second-order valence-electron chi connectivity index (χ2n) is 6.43. The van der Waals surface area contributed by atoms with Crippen LogP contribution in [-0.4, -0.2) is 34.7 Å². The van der Waals surface area contributed by atoms with Crippen LogP contribution in [0, 0.1) is 18.7 Å². The first-order chi connectivity index (χ1) is 11.6. The van der Waals surface area contributed by atoms with E-state index in [0.717, 1.165) is 50.4 Å². The van der Waals surface area contributed by atoms with Crippen LogP contribution in [0.2, 0.25) is 5.15 Å². The van der Waals surface area contributed by atoms with Crippen LogP contribution >= 0.6 is 11.6 Å². The smallest absolute Gasteiger partial charge is 0.151 e. The van der Waals surface area contributed by atoms with Gasteiger partial charge < -0.3 is 5.32 Å². The van der Waals surface area contributed by atoms with E-state index in [2.05, 4.69) is 20.4 Å². The van der Waals surface area contributed by atoms with Crippen molar-refractivity contribution < 1.29 is 4.39 Å². The predicted octanol–water partition coefficient (Wildman–Crippen LogP) is 3.90. The minimum Gasteiger partial charge on any atom is -0.368 e. The minimum atomic E-state index is -0.131. The van der Waals surface area contributed by atoms with Crippen molar-refractivity contribution in [2.24, 2.45) is 5.92 Å². The van der Waals surface area contributed by atoms with Gasteiger partial charge >= 0.3 is 0 Å². The van der Waals surface area contributed by atoms with Crippen molar-refractivity contribution in [1.82, 2.24) is 15.1 Å². The fourth-order valence-electron chi connectivity index (χ4n) is 3.07. The van der Waals surface area contributed by atoms with Gasteiger partial charge in [-0.1, -0.05) is 23.7 Å². The molecular formula is C18H22ClFN4. The average molecular weight is 349 g/mol. The number of halogens is 2. The lowest BCUT2D eigenvalue weighted by molar-refractivity contribution is 0.182. The molecule has 24 heavy (non-hydrogen) atoms. The van der Waals surface area contributed by atoms with Crippen LogP contribution < -0.4 is 5.32 Å². The first-order valence-corrected chi connectivity index (χ1v) is 8.68. The molecular weight excluding hydrogens is 327 g/mol. The van der Waals surface area contributed by atoms with Crippen molar-refractivity contribution >= 4 is 17.4 Å².